The van der Waals surface area contributed by atoms with Gasteiger partial charge < -0.3 is 0 Å². The van der Waals surface area contributed by atoms with Crippen molar-refractivity contribution >= 4 is 75.8 Å². The highest BCUT2D eigenvalue weighted by atomic mass is 32.1. The van der Waals surface area contributed by atoms with Gasteiger partial charge in [0.05, 0.1) is 14.1 Å². The number of benzene rings is 5. The van der Waals surface area contributed by atoms with Crippen LogP contribution in [0.1, 0.15) is 221 Å². The molecule has 2 aliphatic rings. The van der Waals surface area contributed by atoms with Gasteiger partial charge in [-0.1, -0.05) is 253 Å². The first kappa shape index (κ1) is 57.0. The summed E-state index contributed by atoms with van der Waals surface area (Å²) in [6.07, 6.45) is 39.2. The van der Waals surface area contributed by atoms with Gasteiger partial charge in [-0.2, -0.15) is 0 Å². The fourth-order valence-corrected chi connectivity index (χ4v) is 18.4. The molecule has 0 bridgehead atoms. The SMILES string of the molecule is CCCCCCCCc1ccc(C2=c3c(sc4ccsc34)=c3cc4c(c(-c5ccc(CCCCCCCC)cc5)c32)=c2sc3c(-c5ccc(CCCCCCCC)cc5)c(-c5ccc(CCCCCCCC)cc5)sc3c2=C4)cc1. The second-order valence-corrected chi connectivity index (χ2v) is 27.8. The Hall–Kier alpha value is -4.84. The maximum atomic E-state index is 2.61. The Morgan fingerprint density at radius 3 is 1.26 bits per heavy atom. The third kappa shape index (κ3) is 12.7. The van der Waals surface area contributed by atoms with E-state index in [9.17, 15) is 0 Å². The van der Waals surface area contributed by atoms with E-state index in [-0.39, 0.29) is 0 Å². The van der Waals surface area contributed by atoms with E-state index in [1.807, 2.05) is 34.0 Å². The monoisotopic (exact) mass is 1130 g/mol. The highest BCUT2D eigenvalue weighted by Gasteiger charge is 2.28. The van der Waals surface area contributed by atoms with Crippen LogP contribution in [0.25, 0.3) is 63.1 Å². The largest absolute Gasteiger partial charge is 0.142 e. The molecule has 0 atom stereocenters. The van der Waals surface area contributed by atoms with E-state index in [1.165, 1.54) is 286 Å². The molecule has 4 aromatic heterocycles. The molecule has 0 nitrogen and oxygen atoms in total. The zero-order chi connectivity index (χ0) is 54.6. The maximum Gasteiger partial charge on any atom is 0.0548 e. The van der Waals surface area contributed by atoms with Crippen LogP contribution in [0.5, 0.6) is 0 Å². The zero-order valence-electron chi connectivity index (χ0n) is 49.0. The molecule has 9 aromatic rings. The summed E-state index contributed by atoms with van der Waals surface area (Å²) in [4.78, 5) is 1.41. The number of fused-ring (bicyclic) bond motifs is 8. The average Bonchev–Trinajstić information content (AvgIpc) is 4.48. The molecule has 11 rings (SSSR count). The summed E-state index contributed by atoms with van der Waals surface area (Å²) in [7, 11) is 0. The lowest BCUT2D eigenvalue weighted by Crippen LogP contribution is -2.05. The molecule has 80 heavy (non-hydrogen) atoms. The first-order valence-corrected chi connectivity index (χ1v) is 35.3. The molecular formula is C76H88S4. The average molecular weight is 1130 g/mol. The van der Waals surface area contributed by atoms with E-state index >= 15 is 0 Å². The second kappa shape index (κ2) is 28.0. The smallest absolute Gasteiger partial charge is 0.0548 e. The van der Waals surface area contributed by atoms with Gasteiger partial charge in [-0.05, 0) is 131 Å². The molecule has 0 unspecified atom stereocenters. The number of hydrogen-bond acceptors (Lipinski definition) is 4. The van der Waals surface area contributed by atoms with Crippen LogP contribution in [0.4, 0.5) is 0 Å². The summed E-state index contributed by atoms with van der Waals surface area (Å²) in [5.74, 6) is 0. The molecule has 0 saturated carbocycles. The van der Waals surface area contributed by atoms with Gasteiger partial charge in [-0.15, -0.1) is 45.3 Å². The van der Waals surface area contributed by atoms with Crippen molar-refractivity contribution < 1.29 is 0 Å². The van der Waals surface area contributed by atoms with Crippen LogP contribution in [-0.4, -0.2) is 0 Å². The van der Waals surface area contributed by atoms with Crippen molar-refractivity contribution in [2.45, 2.75) is 207 Å². The van der Waals surface area contributed by atoms with Crippen LogP contribution >= 0.6 is 45.3 Å². The van der Waals surface area contributed by atoms with Crippen LogP contribution in [0.2, 0.25) is 0 Å². The van der Waals surface area contributed by atoms with Crippen molar-refractivity contribution in [1.29, 1.82) is 0 Å². The van der Waals surface area contributed by atoms with Gasteiger partial charge in [0.2, 0.25) is 0 Å². The molecule has 0 aliphatic heterocycles. The van der Waals surface area contributed by atoms with E-state index in [0.29, 0.717) is 0 Å². The molecule has 416 valence electrons. The highest BCUT2D eigenvalue weighted by molar-refractivity contribution is 7.30. The van der Waals surface area contributed by atoms with Gasteiger partial charge in [-0.25, -0.2) is 0 Å². The van der Waals surface area contributed by atoms with Crippen molar-refractivity contribution in [3.63, 3.8) is 0 Å². The molecule has 4 heteroatoms. The Labute approximate surface area is 495 Å². The zero-order valence-corrected chi connectivity index (χ0v) is 52.2. The third-order valence-electron chi connectivity index (χ3n) is 17.7. The summed E-state index contributed by atoms with van der Waals surface area (Å²) >= 11 is 8.05. The lowest BCUT2D eigenvalue weighted by Gasteiger charge is -2.16. The number of thiophene rings is 4. The highest BCUT2D eigenvalue weighted by Crippen LogP contribution is 2.48. The Morgan fingerprint density at radius 1 is 0.338 bits per heavy atom. The molecule has 0 radical (unpaired) electrons. The van der Waals surface area contributed by atoms with Crippen LogP contribution in [-0.2, 0) is 25.7 Å². The normalized spacial score (nSPS) is 12.5. The van der Waals surface area contributed by atoms with Crippen molar-refractivity contribution in [2.24, 2.45) is 0 Å². The van der Waals surface area contributed by atoms with Gasteiger partial charge in [0, 0.05) is 56.2 Å². The van der Waals surface area contributed by atoms with E-state index in [0.717, 1.165) is 19.3 Å². The molecule has 2 aliphatic carbocycles. The van der Waals surface area contributed by atoms with E-state index in [2.05, 4.69) is 160 Å². The predicted octanol–water partition coefficient (Wildman–Crippen LogP) is 23.1. The van der Waals surface area contributed by atoms with Gasteiger partial charge in [0.25, 0.3) is 0 Å². The summed E-state index contributed by atoms with van der Waals surface area (Å²) in [5, 5.41) is 8.05. The first-order valence-electron chi connectivity index (χ1n) is 32.0. The van der Waals surface area contributed by atoms with Crippen molar-refractivity contribution in [3.05, 3.63) is 183 Å². The molecule has 0 N–H and O–H groups in total. The van der Waals surface area contributed by atoms with E-state index in [4.69, 9.17) is 0 Å². The van der Waals surface area contributed by atoms with Gasteiger partial charge >= 0.3 is 0 Å². The van der Waals surface area contributed by atoms with Crippen molar-refractivity contribution in [3.8, 4) is 32.7 Å². The fourth-order valence-electron chi connectivity index (χ4n) is 13.1. The third-order valence-corrected chi connectivity index (χ3v) is 22.6. The van der Waals surface area contributed by atoms with E-state index in [1.54, 1.807) is 0 Å². The molecule has 0 spiro atoms. The Kier molecular flexibility index (Phi) is 19.9. The lowest BCUT2D eigenvalue weighted by atomic mass is 9.87. The molecule has 4 heterocycles. The number of unbranched alkanes of at least 4 members (excludes halogenated alkanes) is 20. The van der Waals surface area contributed by atoms with Gasteiger partial charge in [0.15, 0.2) is 0 Å². The van der Waals surface area contributed by atoms with Crippen molar-refractivity contribution in [2.75, 3.05) is 0 Å². The standard InChI is InChI=1S/C76H88S4/c1-5-9-13-17-21-25-29-53-33-41-57(42-34-53)65-67-61(51-62-69(65)66(70-72(62)78-64-49-50-77-75(64)70)58-43-35-54(36-44-58)30-26-22-18-14-10-6-2)52-63-73(67)80-76-68(59-45-37-55(38-46-59)31-27-23-19-15-11-7-3)71(79-74(63)76)60-47-39-56(40-48-60)32-28-24-20-16-12-8-4/h33-52H,5-32H2,1-4H3. The lowest BCUT2D eigenvalue weighted by molar-refractivity contribution is 0.607. The Morgan fingerprint density at radius 2 is 0.775 bits per heavy atom. The van der Waals surface area contributed by atoms with Gasteiger partial charge in [0.1, 0.15) is 0 Å². The van der Waals surface area contributed by atoms with Gasteiger partial charge in [-0.3, -0.25) is 0 Å². The second-order valence-electron chi connectivity index (χ2n) is 23.7. The number of hydrogen-bond donors (Lipinski definition) is 0. The minimum atomic E-state index is 1.15. The molecule has 0 amide bonds. The number of rotatable bonds is 32. The summed E-state index contributed by atoms with van der Waals surface area (Å²) in [6.45, 7) is 9.25. The van der Waals surface area contributed by atoms with E-state index < -0.39 is 0 Å². The maximum absolute atomic E-state index is 2.61. The molecule has 0 fully saturated rings. The van der Waals surface area contributed by atoms with Crippen molar-refractivity contribution in [1.82, 2.24) is 0 Å². The summed E-state index contributed by atoms with van der Waals surface area (Å²) < 4.78 is 8.65. The first-order chi connectivity index (χ1) is 39.6. The van der Waals surface area contributed by atoms with Crippen LogP contribution in [0.3, 0.4) is 0 Å². The van der Waals surface area contributed by atoms with Crippen LogP contribution in [0.15, 0.2) is 115 Å². The van der Waals surface area contributed by atoms with Crippen LogP contribution < -0.4 is 10.4 Å². The summed E-state index contributed by atoms with van der Waals surface area (Å²) in [6, 6.07) is 44.3. The Bertz CT molecular complexity index is 3800. The predicted molar refractivity (Wildman–Crippen MR) is 357 cm³/mol. The Balaban J connectivity index is 1.05. The van der Waals surface area contributed by atoms with Crippen LogP contribution in [0, 0.1) is 19.5 Å². The minimum Gasteiger partial charge on any atom is -0.142 e. The summed E-state index contributed by atoms with van der Waals surface area (Å²) in [5.41, 5.74) is 18.4. The fraction of sp³-hybridized carbons (Fsp3) is 0.421. The minimum absolute atomic E-state index is 1.15. The molecule has 0 saturated heterocycles. The quantitative estimate of drug-likeness (QED) is 0.0369. The molecular weight excluding hydrogens is 1040 g/mol. The topological polar surface area (TPSA) is 0 Å². The molecule has 5 aromatic carbocycles. The number of aryl methyl sites for hydroxylation is 4.